The number of carbonyl (C=O) groups is 1. The van der Waals surface area contributed by atoms with Gasteiger partial charge in [0.05, 0.1) is 30.2 Å². The van der Waals surface area contributed by atoms with Gasteiger partial charge in [-0.2, -0.15) is 5.10 Å². The number of benzene rings is 1. The van der Waals surface area contributed by atoms with E-state index < -0.39 is 0 Å². The molecule has 3 rings (SSSR count). The molecule has 2 atom stereocenters. The van der Waals surface area contributed by atoms with Crippen molar-refractivity contribution in [2.75, 3.05) is 11.9 Å². The van der Waals surface area contributed by atoms with Crippen LogP contribution in [0.5, 0.6) is 0 Å². The molecule has 2 aromatic rings. The van der Waals surface area contributed by atoms with Crippen LogP contribution in [0.25, 0.3) is 5.69 Å². The number of hydrogen-bond acceptors (Lipinski definition) is 3. The van der Waals surface area contributed by atoms with E-state index in [0.717, 1.165) is 19.4 Å². The number of ether oxygens (including phenoxy) is 1. The maximum Gasteiger partial charge on any atom is 0.319 e. The Morgan fingerprint density at radius 2 is 2.30 bits per heavy atom. The number of para-hydroxylation sites is 1. The SMILES string of the molecule is C[C@@H](NC(=O)Nc1cnn(-c2ccccc2F)c1)[C@@H]1CCCO1. The number of nitrogens with one attached hydrogen (secondary N) is 2. The zero-order valence-corrected chi connectivity index (χ0v) is 12.8. The van der Waals surface area contributed by atoms with Crippen molar-refractivity contribution in [1.29, 1.82) is 0 Å². The van der Waals surface area contributed by atoms with Crippen molar-refractivity contribution in [2.24, 2.45) is 0 Å². The van der Waals surface area contributed by atoms with E-state index in [1.165, 1.54) is 16.9 Å². The van der Waals surface area contributed by atoms with Crippen LogP contribution >= 0.6 is 0 Å². The molecule has 0 unspecified atom stereocenters. The molecule has 122 valence electrons. The smallest absolute Gasteiger partial charge is 0.319 e. The van der Waals surface area contributed by atoms with E-state index in [0.29, 0.717) is 11.4 Å². The summed E-state index contributed by atoms with van der Waals surface area (Å²) in [7, 11) is 0. The third kappa shape index (κ3) is 3.68. The fourth-order valence-electron chi connectivity index (χ4n) is 2.62. The summed E-state index contributed by atoms with van der Waals surface area (Å²) in [6, 6.07) is 5.91. The van der Waals surface area contributed by atoms with Gasteiger partial charge >= 0.3 is 6.03 Å². The zero-order valence-electron chi connectivity index (χ0n) is 12.8. The summed E-state index contributed by atoms with van der Waals surface area (Å²) in [6.45, 7) is 2.66. The Morgan fingerprint density at radius 3 is 3.04 bits per heavy atom. The van der Waals surface area contributed by atoms with Crippen molar-refractivity contribution in [1.82, 2.24) is 15.1 Å². The van der Waals surface area contributed by atoms with Crippen LogP contribution in [0.1, 0.15) is 19.8 Å². The quantitative estimate of drug-likeness (QED) is 0.911. The van der Waals surface area contributed by atoms with Crippen LogP contribution in [-0.2, 0) is 4.74 Å². The number of urea groups is 1. The highest BCUT2D eigenvalue weighted by Crippen LogP contribution is 2.16. The maximum atomic E-state index is 13.7. The van der Waals surface area contributed by atoms with E-state index in [9.17, 15) is 9.18 Å². The third-order valence-corrected chi connectivity index (χ3v) is 3.82. The van der Waals surface area contributed by atoms with Gasteiger partial charge < -0.3 is 15.4 Å². The van der Waals surface area contributed by atoms with Crippen LogP contribution in [0.15, 0.2) is 36.7 Å². The number of amides is 2. The number of nitrogens with zero attached hydrogens (tertiary/aromatic N) is 2. The molecule has 1 aromatic heterocycles. The molecule has 0 bridgehead atoms. The van der Waals surface area contributed by atoms with E-state index in [4.69, 9.17) is 4.74 Å². The molecule has 2 N–H and O–H groups in total. The maximum absolute atomic E-state index is 13.7. The Balaban J connectivity index is 1.60. The molecule has 7 heteroatoms. The van der Waals surface area contributed by atoms with Gasteiger partial charge in [-0.15, -0.1) is 0 Å². The molecule has 1 saturated heterocycles. The minimum absolute atomic E-state index is 0.0573. The zero-order chi connectivity index (χ0) is 16.2. The Bertz CT molecular complexity index is 682. The Hall–Kier alpha value is -2.41. The van der Waals surface area contributed by atoms with Crippen molar-refractivity contribution >= 4 is 11.7 Å². The predicted octanol–water partition coefficient (Wildman–Crippen LogP) is 2.70. The van der Waals surface area contributed by atoms with E-state index in [2.05, 4.69) is 15.7 Å². The lowest BCUT2D eigenvalue weighted by Gasteiger charge is -2.19. The van der Waals surface area contributed by atoms with Gasteiger partial charge in [0.15, 0.2) is 0 Å². The van der Waals surface area contributed by atoms with Crippen molar-refractivity contribution < 1.29 is 13.9 Å². The number of halogens is 1. The molecule has 0 radical (unpaired) electrons. The van der Waals surface area contributed by atoms with E-state index in [1.807, 2.05) is 6.92 Å². The molecule has 6 nitrogen and oxygen atoms in total. The Labute approximate surface area is 133 Å². The molecule has 1 aromatic carbocycles. The number of aromatic nitrogens is 2. The van der Waals surface area contributed by atoms with Crippen LogP contribution in [0.2, 0.25) is 0 Å². The summed E-state index contributed by atoms with van der Waals surface area (Å²) >= 11 is 0. The second kappa shape index (κ2) is 6.78. The second-order valence-electron chi connectivity index (χ2n) is 5.56. The summed E-state index contributed by atoms with van der Waals surface area (Å²) < 4.78 is 20.6. The van der Waals surface area contributed by atoms with Gasteiger partial charge in [0.2, 0.25) is 0 Å². The van der Waals surface area contributed by atoms with Crippen LogP contribution in [0, 0.1) is 5.82 Å². The second-order valence-corrected chi connectivity index (χ2v) is 5.56. The number of rotatable bonds is 4. The van der Waals surface area contributed by atoms with E-state index in [-0.39, 0.29) is 24.0 Å². The van der Waals surface area contributed by atoms with Crippen molar-refractivity contribution in [3.8, 4) is 5.69 Å². The van der Waals surface area contributed by atoms with Gasteiger partial charge in [-0.25, -0.2) is 13.9 Å². The van der Waals surface area contributed by atoms with E-state index in [1.54, 1.807) is 24.4 Å². The highest BCUT2D eigenvalue weighted by molar-refractivity contribution is 5.89. The lowest BCUT2D eigenvalue weighted by atomic mass is 10.1. The third-order valence-electron chi connectivity index (χ3n) is 3.82. The molecular weight excluding hydrogens is 299 g/mol. The van der Waals surface area contributed by atoms with Gasteiger partial charge in [0, 0.05) is 6.61 Å². The summed E-state index contributed by atoms with van der Waals surface area (Å²) in [4.78, 5) is 12.0. The molecule has 0 saturated carbocycles. The topological polar surface area (TPSA) is 68.2 Å². The monoisotopic (exact) mass is 318 g/mol. The van der Waals surface area contributed by atoms with Crippen LogP contribution in [0.3, 0.4) is 0 Å². The number of anilines is 1. The molecule has 0 aliphatic carbocycles. The first-order chi connectivity index (χ1) is 11.1. The predicted molar refractivity (Wildman–Crippen MR) is 84.1 cm³/mol. The minimum Gasteiger partial charge on any atom is -0.376 e. The van der Waals surface area contributed by atoms with Crippen molar-refractivity contribution in [3.05, 3.63) is 42.5 Å². The molecule has 1 fully saturated rings. The van der Waals surface area contributed by atoms with Gasteiger partial charge in [0.25, 0.3) is 0 Å². The molecule has 0 spiro atoms. The lowest BCUT2D eigenvalue weighted by molar-refractivity contribution is 0.0868. The molecule has 1 aliphatic heterocycles. The first-order valence-corrected chi connectivity index (χ1v) is 7.62. The first-order valence-electron chi connectivity index (χ1n) is 7.62. The summed E-state index contributed by atoms with van der Waals surface area (Å²) in [5, 5.41) is 9.61. The lowest BCUT2D eigenvalue weighted by Crippen LogP contribution is -2.42. The first kappa shape index (κ1) is 15.5. The minimum atomic E-state index is -0.376. The van der Waals surface area contributed by atoms with E-state index >= 15 is 0 Å². The van der Waals surface area contributed by atoms with Gasteiger partial charge in [0.1, 0.15) is 11.5 Å². The summed E-state index contributed by atoms with van der Waals surface area (Å²) in [5.74, 6) is -0.376. The molecule has 1 aliphatic rings. The highest BCUT2D eigenvalue weighted by Gasteiger charge is 2.23. The van der Waals surface area contributed by atoms with Crippen molar-refractivity contribution in [3.63, 3.8) is 0 Å². The van der Waals surface area contributed by atoms with Crippen LogP contribution in [0.4, 0.5) is 14.9 Å². The molecular formula is C16H19FN4O2. The van der Waals surface area contributed by atoms with Gasteiger partial charge in [-0.1, -0.05) is 12.1 Å². The Kier molecular flexibility index (Phi) is 4.57. The van der Waals surface area contributed by atoms with Crippen molar-refractivity contribution in [2.45, 2.75) is 31.9 Å². The number of hydrogen-bond donors (Lipinski definition) is 2. The molecule has 2 heterocycles. The number of carbonyl (C=O) groups excluding carboxylic acids is 1. The Morgan fingerprint density at radius 1 is 1.48 bits per heavy atom. The standard InChI is InChI=1S/C16H19FN4O2/c1-11(15-7-4-8-23-15)19-16(22)20-12-9-18-21(10-12)14-6-3-2-5-13(14)17/h2-3,5-6,9-11,15H,4,7-8H2,1H3,(H2,19,20,22)/t11-,15+/m1/s1. The van der Waals surface area contributed by atoms with Crippen LogP contribution < -0.4 is 10.6 Å². The highest BCUT2D eigenvalue weighted by atomic mass is 19.1. The largest absolute Gasteiger partial charge is 0.376 e. The molecule has 2 amide bonds. The van der Waals surface area contributed by atoms with Gasteiger partial charge in [-0.05, 0) is 31.9 Å². The van der Waals surface area contributed by atoms with Gasteiger partial charge in [-0.3, -0.25) is 0 Å². The summed E-state index contributed by atoms with van der Waals surface area (Å²) in [6.07, 6.45) is 5.07. The average molecular weight is 318 g/mol. The van der Waals surface area contributed by atoms with Crippen LogP contribution in [-0.4, -0.2) is 34.6 Å². The fraction of sp³-hybridized carbons (Fsp3) is 0.375. The molecule has 23 heavy (non-hydrogen) atoms. The average Bonchev–Trinajstić information content (AvgIpc) is 3.19. The fourth-order valence-corrected chi connectivity index (χ4v) is 2.62. The summed E-state index contributed by atoms with van der Waals surface area (Å²) in [5.41, 5.74) is 0.818. The normalized spacial score (nSPS) is 18.6.